The van der Waals surface area contributed by atoms with Crippen LogP contribution in [0.25, 0.3) is 0 Å². The Kier molecular flexibility index (Phi) is 5.26. The molecular weight excluding hydrogens is 136 g/mol. The zero-order valence-corrected chi connectivity index (χ0v) is 7.55. The second-order valence-electron chi connectivity index (χ2n) is 2.70. The molecule has 0 saturated heterocycles. The van der Waals surface area contributed by atoms with Crippen LogP contribution < -0.4 is 0 Å². The molecule has 0 N–H and O–H groups in total. The van der Waals surface area contributed by atoms with Crippen LogP contribution in [0.2, 0.25) is 0 Å². The van der Waals surface area contributed by atoms with Gasteiger partial charge in [0, 0.05) is 0 Å². The molecule has 0 aliphatic rings. The third-order valence-corrected chi connectivity index (χ3v) is 1.06. The van der Waals surface area contributed by atoms with E-state index in [2.05, 4.69) is 6.58 Å². The van der Waals surface area contributed by atoms with Gasteiger partial charge in [-0.15, -0.1) is 0 Å². The fourth-order valence-corrected chi connectivity index (χ4v) is 0.752. The highest BCUT2D eigenvalue weighted by atomic mass is 16.5. The molecule has 0 radical (unpaired) electrons. The molecule has 0 saturated carbocycles. The highest BCUT2D eigenvalue weighted by molar-refractivity contribution is 5.06. The topological polar surface area (TPSA) is 9.23 Å². The van der Waals surface area contributed by atoms with Gasteiger partial charge in [-0.3, -0.25) is 0 Å². The molecule has 0 spiro atoms. The van der Waals surface area contributed by atoms with Gasteiger partial charge in [-0.05, 0) is 32.8 Å². The summed E-state index contributed by atoms with van der Waals surface area (Å²) in [5, 5.41) is 0. The Hall–Kier alpha value is -0.980. The van der Waals surface area contributed by atoms with Crippen LogP contribution in [0.1, 0.15) is 27.2 Å². The van der Waals surface area contributed by atoms with Crippen LogP contribution in [0.3, 0.4) is 0 Å². The van der Waals surface area contributed by atoms with Crippen molar-refractivity contribution in [2.75, 3.05) is 0 Å². The molecule has 0 aromatic rings. The van der Waals surface area contributed by atoms with Crippen molar-refractivity contribution < 1.29 is 4.74 Å². The van der Waals surface area contributed by atoms with Crippen LogP contribution >= 0.6 is 0 Å². The SMILES string of the molecule is C=C(C)CC(C)=COC=CC. The average molecular weight is 152 g/mol. The van der Waals surface area contributed by atoms with E-state index in [1.807, 2.05) is 26.8 Å². The Balaban J connectivity index is 3.71. The molecule has 0 rings (SSSR count). The number of hydrogen-bond acceptors (Lipinski definition) is 1. The molecule has 0 fully saturated rings. The molecule has 0 aromatic heterocycles. The lowest BCUT2D eigenvalue weighted by molar-refractivity contribution is 0.396. The van der Waals surface area contributed by atoms with Crippen molar-refractivity contribution >= 4 is 0 Å². The second-order valence-corrected chi connectivity index (χ2v) is 2.70. The first-order chi connectivity index (χ1) is 5.16. The van der Waals surface area contributed by atoms with Gasteiger partial charge in [0.15, 0.2) is 0 Å². The van der Waals surface area contributed by atoms with Gasteiger partial charge in [0.1, 0.15) is 0 Å². The van der Waals surface area contributed by atoms with E-state index in [1.165, 1.54) is 5.57 Å². The quantitative estimate of drug-likeness (QED) is 0.443. The van der Waals surface area contributed by atoms with Gasteiger partial charge in [0.05, 0.1) is 12.5 Å². The maximum Gasteiger partial charge on any atom is 0.0893 e. The van der Waals surface area contributed by atoms with E-state index in [0.29, 0.717) is 0 Å². The predicted molar refractivity (Wildman–Crippen MR) is 49.1 cm³/mol. The lowest BCUT2D eigenvalue weighted by Crippen LogP contribution is -1.78. The monoisotopic (exact) mass is 152 g/mol. The lowest BCUT2D eigenvalue weighted by atomic mass is 10.1. The zero-order valence-electron chi connectivity index (χ0n) is 7.55. The first-order valence-electron chi connectivity index (χ1n) is 3.73. The molecule has 0 aromatic carbocycles. The van der Waals surface area contributed by atoms with E-state index >= 15 is 0 Å². The molecule has 0 aliphatic carbocycles. The van der Waals surface area contributed by atoms with Gasteiger partial charge in [0.25, 0.3) is 0 Å². The van der Waals surface area contributed by atoms with Crippen molar-refractivity contribution in [1.29, 1.82) is 0 Å². The fourth-order valence-electron chi connectivity index (χ4n) is 0.752. The van der Waals surface area contributed by atoms with Gasteiger partial charge in [-0.2, -0.15) is 0 Å². The summed E-state index contributed by atoms with van der Waals surface area (Å²) in [7, 11) is 0. The normalized spacial score (nSPS) is 12.1. The van der Waals surface area contributed by atoms with E-state index in [-0.39, 0.29) is 0 Å². The Morgan fingerprint density at radius 2 is 2.09 bits per heavy atom. The molecular formula is C10H16O. The van der Waals surface area contributed by atoms with Crippen molar-refractivity contribution in [3.8, 4) is 0 Å². The third-order valence-electron chi connectivity index (χ3n) is 1.06. The van der Waals surface area contributed by atoms with E-state index in [0.717, 1.165) is 12.0 Å². The Morgan fingerprint density at radius 3 is 2.55 bits per heavy atom. The average Bonchev–Trinajstić information content (AvgIpc) is 1.86. The van der Waals surface area contributed by atoms with Gasteiger partial charge in [-0.1, -0.05) is 18.2 Å². The van der Waals surface area contributed by atoms with Gasteiger partial charge in [0.2, 0.25) is 0 Å². The van der Waals surface area contributed by atoms with Crippen LogP contribution in [-0.2, 0) is 4.74 Å². The van der Waals surface area contributed by atoms with Gasteiger partial charge in [-0.25, -0.2) is 0 Å². The van der Waals surface area contributed by atoms with Crippen LogP contribution in [0.4, 0.5) is 0 Å². The summed E-state index contributed by atoms with van der Waals surface area (Å²) in [4.78, 5) is 0. The first kappa shape index (κ1) is 10.0. The molecule has 62 valence electrons. The van der Waals surface area contributed by atoms with Crippen molar-refractivity contribution in [3.63, 3.8) is 0 Å². The van der Waals surface area contributed by atoms with E-state index in [1.54, 1.807) is 12.5 Å². The zero-order chi connectivity index (χ0) is 8.69. The largest absolute Gasteiger partial charge is 0.473 e. The fraction of sp³-hybridized carbons (Fsp3) is 0.400. The number of allylic oxidation sites excluding steroid dienone is 3. The number of hydrogen-bond donors (Lipinski definition) is 0. The predicted octanol–water partition coefficient (Wildman–Crippen LogP) is 3.41. The van der Waals surface area contributed by atoms with Crippen LogP contribution in [0, 0.1) is 0 Å². The smallest absolute Gasteiger partial charge is 0.0893 e. The van der Waals surface area contributed by atoms with Crippen molar-refractivity contribution in [2.24, 2.45) is 0 Å². The molecule has 0 amide bonds. The van der Waals surface area contributed by atoms with Crippen LogP contribution in [-0.4, -0.2) is 0 Å². The summed E-state index contributed by atoms with van der Waals surface area (Å²) in [5.41, 5.74) is 2.35. The Morgan fingerprint density at radius 1 is 1.45 bits per heavy atom. The molecule has 0 heterocycles. The highest BCUT2D eigenvalue weighted by Gasteiger charge is 1.88. The molecule has 0 atom stereocenters. The minimum Gasteiger partial charge on any atom is -0.473 e. The van der Waals surface area contributed by atoms with Gasteiger partial charge < -0.3 is 4.74 Å². The van der Waals surface area contributed by atoms with Crippen LogP contribution in [0.15, 0.2) is 36.3 Å². The maximum atomic E-state index is 5.06. The summed E-state index contributed by atoms with van der Waals surface area (Å²) in [6.45, 7) is 9.76. The minimum atomic E-state index is 0.914. The minimum absolute atomic E-state index is 0.914. The number of ether oxygens (including phenoxy) is 1. The van der Waals surface area contributed by atoms with Crippen molar-refractivity contribution in [2.45, 2.75) is 27.2 Å². The molecule has 0 aliphatic heterocycles. The lowest BCUT2D eigenvalue weighted by Gasteiger charge is -1.98. The summed E-state index contributed by atoms with van der Waals surface area (Å²) in [6, 6.07) is 0. The summed E-state index contributed by atoms with van der Waals surface area (Å²) < 4.78 is 5.06. The third kappa shape index (κ3) is 6.91. The Bertz CT molecular complexity index is 175. The second kappa shape index (κ2) is 5.78. The summed E-state index contributed by atoms with van der Waals surface area (Å²) in [6.07, 6.45) is 6.17. The molecule has 1 nitrogen and oxygen atoms in total. The van der Waals surface area contributed by atoms with E-state index < -0.39 is 0 Å². The van der Waals surface area contributed by atoms with Crippen molar-refractivity contribution in [3.05, 3.63) is 36.3 Å². The summed E-state index contributed by atoms with van der Waals surface area (Å²) in [5.74, 6) is 0. The molecule has 1 heteroatoms. The van der Waals surface area contributed by atoms with Crippen molar-refractivity contribution in [1.82, 2.24) is 0 Å². The Labute approximate surface area is 69.1 Å². The maximum absolute atomic E-state index is 5.06. The standard InChI is InChI=1S/C10H16O/c1-5-6-11-8-10(4)7-9(2)3/h5-6,8H,2,7H2,1,3-4H3. The van der Waals surface area contributed by atoms with E-state index in [4.69, 9.17) is 4.74 Å². The molecule has 0 unspecified atom stereocenters. The first-order valence-corrected chi connectivity index (χ1v) is 3.73. The molecule has 0 bridgehead atoms. The van der Waals surface area contributed by atoms with Crippen LogP contribution in [0.5, 0.6) is 0 Å². The molecule has 11 heavy (non-hydrogen) atoms. The van der Waals surface area contributed by atoms with Gasteiger partial charge >= 0.3 is 0 Å². The van der Waals surface area contributed by atoms with E-state index in [9.17, 15) is 0 Å². The highest BCUT2D eigenvalue weighted by Crippen LogP contribution is 2.07. The number of rotatable bonds is 4. The summed E-state index contributed by atoms with van der Waals surface area (Å²) >= 11 is 0.